The quantitative estimate of drug-likeness (QED) is 0.739. The van der Waals surface area contributed by atoms with Crippen LogP contribution in [0.4, 0.5) is 10.1 Å². The van der Waals surface area contributed by atoms with Gasteiger partial charge >= 0.3 is 0 Å². The van der Waals surface area contributed by atoms with Crippen molar-refractivity contribution in [2.24, 2.45) is 0 Å². The second-order valence-electron chi connectivity index (χ2n) is 3.31. The van der Waals surface area contributed by atoms with E-state index in [0.717, 1.165) is 0 Å². The molecule has 1 aromatic heterocycles. The lowest BCUT2D eigenvalue weighted by molar-refractivity contribution is 0.632. The highest BCUT2D eigenvalue weighted by atomic mass is 19.1. The van der Waals surface area contributed by atoms with Crippen molar-refractivity contribution in [3.63, 3.8) is 0 Å². The van der Waals surface area contributed by atoms with Crippen molar-refractivity contribution in [2.45, 2.75) is 0 Å². The topological polar surface area (TPSA) is 62.7 Å². The minimum absolute atomic E-state index is 0.366. The van der Waals surface area contributed by atoms with Crippen molar-refractivity contribution in [2.75, 3.05) is 5.73 Å². The molecule has 1 aromatic carbocycles. The van der Waals surface area contributed by atoms with Crippen LogP contribution in [0.1, 0.15) is 5.56 Å². The summed E-state index contributed by atoms with van der Waals surface area (Å²) in [6.07, 6.45) is 2.94. The van der Waals surface area contributed by atoms with E-state index in [4.69, 9.17) is 11.0 Å². The third-order valence-electron chi connectivity index (χ3n) is 2.17. The van der Waals surface area contributed by atoms with Gasteiger partial charge < -0.3 is 5.73 Å². The SMILES string of the molecule is N#Cc1cncc(-c2ccc(N)cc2F)c1. The van der Waals surface area contributed by atoms with Gasteiger partial charge in [-0.1, -0.05) is 0 Å². The molecule has 78 valence electrons. The van der Waals surface area contributed by atoms with E-state index in [2.05, 4.69) is 4.98 Å². The van der Waals surface area contributed by atoms with Gasteiger partial charge in [0, 0.05) is 29.2 Å². The summed E-state index contributed by atoms with van der Waals surface area (Å²) in [5.41, 5.74) is 7.17. The number of nitriles is 1. The third-order valence-corrected chi connectivity index (χ3v) is 2.17. The molecule has 1 heterocycles. The van der Waals surface area contributed by atoms with Crippen LogP contribution in [0.15, 0.2) is 36.7 Å². The predicted molar refractivity (Wildman–Crippen MR) is 58.8 cm³/mol. The fourth-order valence-corrected chi connectivity index (χ4v) is 1.41. The van der Waals surface area contributed by atoms with Gasteiger partial charge in [-0.15, -0.1) is 0 Å². The Morgan fingerprint density at radius 2 is 2.06 bits per heavy atom. The molecule has 0 amide bonds. The number of nitrogen functional groups attached to an aromatic ring is 1. The molecule has 0 atom stereocenters. The van der Waals surface area contributed by atoms with Crippen LogP contribution in [-0.4, -0.2) is 4.98 Å². The molecule has 2 N–H and O–H groups in total. The minimum Gasteiger partial charge on any atom is -0.399 e. The lowest BCUT2D eigenvalue weighted by atomic mass is 10.1. The highest BCUT2D eigenvalue weighted by Crippen LogP contribution is 2.24. The molecule has 0 bridgehead atoms. The molecule has 0 aliphatic heterocycles. The number of pyridine rings is 1. The Balaban J connectivity index is 2.55. The zero-order chi connectivity index (χ0) is 11.5. The van der Waals surface area contributed by atoms with Crippen LogP contribution in [0, 0.1) is 17.1 Å². The van der Waals surface area contributed by atoms with Crippen molar-refractivity contribution in [3.05, 3.63) is 48.0 Å². The van der Waals surface area contributed by atoms with Gasteiger partial charge in [-0.05, 0) is 24.3 Å². The summed E-state index contributed by atoms with van der Waals surface area (Å²) >= 11 is 0. The number of hydrogen-bond donors (Lipinski definition) is 1. The summed E-state index contributed by atoms with van der Waals surface area (Å²) in [4.78, 5) is 3.87. The average Bonchev–Trinajstić information content (AvgIpc) is 2.29. The fourth-order valence-electron chi connectivity index (χ4n) is 1.41. The van der Waals surface area contributed by atoms with Crippen molar-refractivity contribution in [1.29, 1.82) is 5.26 Å². The van der Waals surface area contributed by atoms with Gasteiger partial charge in [0.05, 0.1) is 5.56 Å². The third kappa shape index (κ3) is 1.84. The molecule has 0 saturated carbocycles. The first-order valence-electron chi connectivity index (χ1n) is 4.61. The first kappa shape index (κ1) is 10.1. The van der Waals surface area contributed by atoms with E-state index < -0.39 is 5.82 Å². The number of aromatic nitrogens is 1. The highest BCUT2D eigenvalue weighted by Gasteiger charge is 2.06. The smallest absolute Gasteiger partial charge is 0.133 e. The van der Waals surface area contributed by atoms with Gasteiger partial charge in [0.15, 0.2) is 0 Å². The van der Waals surface area contributed by atoms with Crippen molar-refractivity contribution in [1.82, 2.24) is 4.98 Å². The standard InChI is InChI=1S/C12H8FN3/c13-12-4-10(15)1-2-11(12)9-3-8(5-14)6-16-7-9/h1-4,6-7H,15H2. The van der Waals surface area contributed by atoms with Crippen LogP contribution in [0.25, 0.3) is 11.1 Å². The first-order valence-corrected chi connectivity index (χ1v) is 4.61. The van der Waals surface area contributed by atoms with E-state index in [1.54, 1.807) is 18.2 Å². The molecule has 4 heteroatoms. The van der Waals surface area contributed by atoms with Crippen molar-refractivity contribution in [3.8, 4) is 17.2 Å². The molecule has 0 aliphatic carbocycles. The summed E-state index contributed by atoms with van der Waals surface area (Å²) in [6.45, 7) is 0. The number of benzene rings is 1. The molecular weight excluding hydrogens is 205 g/mol. The summed E-state index contributed by atoms with van der Waals surface area (Å²) in [5.74, 6) is -0.420. The predicted octanol–water partition coefficient (Wildman–Crippen LogP) is 2.34. The molecule has 0 unspecified atom stereocenters. The number of anilines is 1. The van der Waals surface area contributed by atoms with E-state index in [-0.39, 0.29) is 0 Å². The van der Waals surface area contributed by atoms with Gasteiger partial charge in [0.2, 0.25) is 0 Å². The summed E-state index contributed by atoms with van der Waals surface area (Å²) in [5, 5.41) is 8.72. The zero-order valence-electron chi connectivity index (χ0n) is 8.31. The minimum atomic E-state index is -0.420. The maximum absolute atomic E-state index is 13.6. The Labute approximate surface area is 92.0 Å². The van der Waals surface area contributed by atoms with E-state index >= 15 is 0 Å². The van der Waals surface area contributed by atoms with E-state index in [1.807, 2.05) is 6.07 Å². The summed E-state index contributed by atoms with van der Waals surface area (Å²) in [7, 11) is 0. The largest absolute Gasteiger partial charge is 0.399 e. The maximum Gasteiger partial charge on any atom is 0.133 e. The van der Waals surface area contributed by atoms with E-state index in [1.165, 1.54) is 18.5 Å². The van der Waals surface area contributed by atoms with Crippen LogP contribution in [0.3, 0.4) is 0 Å². The van der Waals surface area contributed by atoms with Gasteiger partial charge in [0.25, 0.3) is 0 Å². The van der Waals surface area contributed by atoms with E-state index in [9.17, 15) is 4.39 Å². The molecule has 0 spiro atoms. The van der Waals surface area contributed by atoms with Gasteiger partial charge in [0.1, 0.15) is 11.9 Å². The average molecular weight is 213 g/mol. The number of nitrogens with two attached hydrogens (primary N) is 1. The first-order chi connectivity index (χ1) is 7.70. The second-order valence-corrected chi connectivity index (χ2v) is 3.31. The van der Waals surface area contributed by atoms with Crippen LogP contribution >= 0.6 is 0 Å². The molecule has 0 saturated heterocycles. The van der Waals surface area contributed by atoms with Crippen molar-refractivity contribution < 1.29 is 4.39 Å². The fraction of sp³-hybridized carbons (Fsp3) is 0. The van der Waals surface area contributed by atoms with Gasteiger partial charge in [-0.3, -0.25) is 4.98 Å². The Hall–Kier alpha value is -2.41. The maximum atomic E-state index is 13.6. The number of nitrogens with zero attached hydrogens (tertiary/aromatic N) is 2. The van der Waals surface area contributed by atoms with Crippen LogP contribution < -0.4 is 5.73 Å². The van der Waals surface area contributed by atoms with Gasteiger partial charge in [-0.2, -0.15) is 5.26 Å². The lowest BCUT2D eigenvalue weighted by Gasteiger charge is -2.03. The van der Waals surface area contributed by atoms with Crippen LogP contribution in [0.5, 0.6) is 0 Å². The molecule has 2 aromatic rings. The Morgan fingerprint density at radius 3 is 2.75 bits per heavy atom. The summed E-state index contributed by atoms with van der Waals surface area (Å²) < 4.78 is 13.6. The lowest BCUT2D eigenvalue weighted by Crippen LogP contribution is -1.90. The van der Waals surface area contributed by atoms with Crippen molar-refractivity contribution >= 4 is 5.69 Å². The van der Waals surface area contributed by atoms with Gasteiger partial charge in [-0.25, -0.2) is 4.39 Å². The molecule has 0 radical (unpaired) electrons. The molecule has 16 heavy (non-hydrogen) atoms. The zero-order valence-corrected chi connectivity index (χ0v) is 8.31. The molecule has 3 nitrogen and oxygen atoms in total. The molecule has 2 rings (SSSR count). The molecular formula is C12H8FN3. The monoisotopic (exact) mass is 213 g/mol. The highest BCUT2D eigenvalue weighted by molar-refractivity contribution is 5.66. The number of halogens is 1. The normalized spacial score (nSPS) is 9.75. The second kappa shape index (κ2) is 3.99. The Kier molecular flexibility index (Phi) is 2.52. The Morgan fingerprint density at radius 1 is 1.25 bits per heavy atom. The molecule has 0 aliphatic rings. The van der Waals surface area contributed by atoms with Crippen LogP contribution in [-0.2, 0) is 0 Å². The number of rotatable bonds is 1. The Bertz CT molecular complexity index is 573. The number of hydrogen-bond acceptors (Lipinski definition) is 3. The summed E-state index contributed by atoms with van der Waals surface area (Å²) in [6, 6.07) is 7.97. The van der Waals surface area contributed by atoms with E-state index in [0.29, 0.717) is 22.4 Å². The molecule has 0 fully saturated rings. The van der Waals surface area contributed by atoms with Crippen LogP contribution in [0.2, 0.25) is 0 Å².